The van der Waals surface area contributed by atoms with Crippen LogP contribution >= 0.6 is 11.3 Å². The van der Waals surface area contributed by atoms with Crippen LogP contribution in [0.15, 0.2) is 5.38 Å². The summed E-state index contributed by atoms with van der Waals surface area (Å²) in [6.45, 7) is 8.64. The first-order valence-electron chi connectivity index (χ1n) is 6.03. The van der Waals surface area contributed by atoms with E-state index in [1.165, 1.54) is 6.42 Å². The maximum Gasteiger partial charge on any atom is 0.185 e. The molecule has 3 unspecified atom stereocenters. The molecule has 2 heterocycles. The summed E-state index contributed by atoms with van der Waals surface area (Å²) >= 11 is 1.72. The highest BCUT2D eigenvalue weighted by atomic mass is 32.1. The van der Waals surface area contributed by atoms with E-state index in [-0.39, 0.29) is 0 Å². The molecule has 0 aromatic carbocycles. The lowest BCUT2D eigenvalue weighted by Gasteiger charge is -2.41. The number of thiazole rings is 1. The highest BCUT2D eigenvalue weighted by molar-refractivity contribution is 7.13. The number of anilines is 1. The van der Waals surface area contributed by atoms with Crippen molar-refractivity contribution in [1.29, 1.82) is 0 Å². The van der Waals surface area contributed by atoms with Gasteiger partial charge in [0.25, 0.3) is 0 Å². The molecule has 0 amide bonds. The SMILES string of the molecule is CC1CC(C)C(C)N(c2nc(CN)cs2)C1. The van der Waals surface area contributed by atoms with Gasteiger partial charge in [0.15, 0.2) is 5.13 Å². The van der Waals surface area contributed by atoms with Gasteiger partial charge in [-0.05, 0) is 25.2 Å². The fraction of sp³-hybridized carbons (Fsp3) is 0.750. The lowest BCUT2D eigenvalue weighted by molar-refractivity contribution is 0.297. The molecule has 0 radical (unpaired) electrons. The van der Waals surface area contributed by atoms with E-state index in [2.05, 4.69) is 36.0 Å². The van der Waals surface area contributed by atoms with Crippen LogP contribution in [-0.4, -0.2) is 17.6 Å². The minimum Gasteiger partial charge on any atom is -0.345 e. The van der Waals surface area contributed by atoms with Crippen LogP contribution in [0.2, 0.25) is 0 Å². The van der Waals surface area contributed by atoms with Crippen LogP contribution in [0.1, 0.15) is 32.9 Å². The molecule has 1 aliphatic rings. The molecule has 1 aromatic heterocycles. The molecular weight excluding hydrogens is 218 g/mol. The topological polar surface area (TPSA) is 42.2 Å². The predicted octanol–water partition coefficient (Wildman–Crippen LogP) is 2.47. The molecule has 0 saturated carbocycles. The second-order valence-corrected chi connectivity index (χ2v) is 5.87. The van der Waals surface area contributed by atoms with Crippen molar-refractivity contribution in [2.24, 2.45) is 17.6 Å². The summed E-state index contributed by atoms with van der Waals surface area (Å²) in [5.41, 5.74) is 6.62. The number of piperidine rings is 1. The van der Waals surface area contributed by atoms with Crippen LogP contribution in [0.4, 0.5) is 5.13 Å². The molecule has 3 nitrogen and oxygen atoms in total. The number of hydrogen-bond donors (Lipinski definition) is 1. The van der Waals surface area contributed by atoms with Crippen molar-refractivity contribution in [2.75, 3.05) is 11.4 Å². The van der Waals surface area contributed by atoms with Gasteiger partial charge in [-0.1, -0.05) is 13.8 Å². The number of aromatic nitrogens is 1. The molecule has 1 aromatic rings. The first kappa shape index (κ1) is 11.9. The molecule has 2 rings (SSSR count). The Labute approximate surface area is 102 Å². The second-order valence-electron chi connectivity index (χ2n) is 5.04. The third-order valence-corrected chi connectivity index (χ3v) is 4.52. The third-order valence-electron chi connectivity index (χ3n) is 3.59. The zero-order chi connectivity index (χ0) is 11.7. The summed E-state index contributed by atoms with van der Waals surface area (Å²) in [6.07, 6.45) is 1.33. The zero-order valence-corrected chi connectivity index (χ0v) is 11.1. The van der Waals surface area contributed by atoms with Gasteiger partial charge in [0.2, 0.25) is 0 Å². The number of hydrogen-bond acceptors (Lipinski definition) is 4. The molecule has 1 fully saturated rings. The van der Waals surface area contributed by atoms with E-state index in [1.807, 2.05) is 0 Å². The molecular formula is C12H21N3S. The van der Waals surface area contributed by atoms with E-state index in [1.54, 1.807) is 11.3 Å². The average Bonchev–Trinajstić information content (AvgIpc) is 2.71. The average molecular weight is 239 g/mol. The van der Waals surface area contributed by atoms with Crippen molar-refractivity contribution in [3.63, 3.8) is 0 Å². The van der Waals surface area contributed by atoms with Crippen LogP contribution in [0.25, 0.3) is 0 Å². The van der Waals surface area contributed by atoms with Crippen LogP contribution in [-0.2, 0) is 6.54 Å². The first-order chi connectivity index (χ1) is 7.61. The van der Waals surface area contributed by atoms with Crippen LogP contribution in [0, 0.1) is 11.8 Å². The van der Waals surface area contributed by atoms with Crippen molar-refractivity contribution < 1.29 is 0 Å². The summed E-state index contributed by atoms with van der Waals surface area (Å²) in [6, 6.07) is 0.591. The standard InChI is InChI=1S/C12H21N3S/c1-8-4-9(2)10(3)15(6-8)12-14-11(5-13)7-16-12/h7-10H,4-6,13H2,1-3H3. The van der Waals surface area contributed by atoms with Gasteiger partial charge in [0.05, 0.1) is 5.69 Å². The monoisotopic (exact) mass is 239 g/mol. The fourth-order valence-corrected chi connectivity index (χ4v) is 3.43. The molecule has 90 valence electrons. The molecule has 0 aliphatic carbocycles. The highest BCUT2D eigenvalue weighted by Crippen LogP contribution is 2.32. The Morgan fingerprint density at radius 1 is 1.50 bits per heavy atom. The lowest BCUT2D eigenvalue weighted by atomic mass is 9.86. The largest absolute Gasteiger partial charge is 0.345 e. The maximum atomic E-state index is 5.61. The van der Waals surface area contributed by atoms with Crippen LogP contribution < -0.4 is 10.6 Å². The minimum atomic E-state index is 0.545. The van der Waals surface area contributed by atoms with Crippen molar-refractivity contribution in [1.82, 2.24) is 4.98 Å². The fourth-order valence-electron chi connectivity index (χ4n) is 2.49. The summed E-state index contributed by atoms with van der Waals surface area (Å²) < 4.78 is 0. The van der Waals surface area contributed by atoms with Gasteiger partial charge < -0.3 is 10.6 Å². The van der Waals surface area contributed by atoms with Crippen molar-refractivity contribution in [3.8, 4) is 0 Å². The summed E-state index contributed by atoms with van der Waals surface area (Å²) in [5.74, 6) is 1.51. The van der Waals surface area contributed by atoms with Gasteiger partial charge >= 0.3 is 0 Å². The van der Waals surface area contributed by atoms with E-state index in [4.69, 9.17) is 5.73 Å². The third kappa shape index (κ3) is 2.23. The molecule has 1 aliphatic heterocycles. The Balaban J connectivity index is 2.18. The minimum absolute atomic E-state index is 0.545. The molecule has 1 saturated heterocycles. The number of nitrogens with two attached hydrogens (primary N) is 1. The van der Waals surface area contributed by atoms with Crippen molar-refractivity contribution in [3.05, 3.63) is 11.1 Å². The molecule has 3 atom stereocenters. The predicted molar refractivity (Wildman–Crippen MR) is 69.8 cm³/mol. The normalized spacial score (nSPS) is 30.8. The Hall–Kier alpha value is -0.610. The Kier molecular flexibility index (Phi) is 3.50. The van der Waals surface area contributed by atoms with Crippen LogP contribution in [0.3, 0.4) is 0 Å². The van der Waals surface area contributed by atoms with Crippen molar-refractivity contribution >= 4 is 16.5 Å². The van der Waals surface area contributed by atoms with Gasteiger partial charge in [-0.25, -0.2) is 4.98 Å². The van der Waals surface area contributed by atoms with Gasteiger partial charge in [-0.2, -0.15) is 0 Å². The van der Waals surface area contributed by atoms with E-state index >= 15 is 0 Å². The quantitative estimate of drug-likeness (QED) is 0.862. The summed E-state index contributed by atoms with van der Waals surface area (Å²) in [4.78, 5) is 7.04. The van der Waals surface area contributed by atoms with E-state index in [0.29, 0.717) is 12.6 Å². The highest BCUT2D eigenvalue weighted by Gasteiger charge is 2.30. The van der Waals surface area contributed by atoms with E-state index in [0.717, 1.165) is 29.2 Å². The van der Waals surface area contributed by atoms with Crippen molar-refractivity contribution in [2.45, 2.75) is 39.8 Å². The molecule has 2 N–H and O–H groups in total. The van der Waals surface area contributed by atoms with E-state index < -0.39 is 0 Å². The molecule has 0 bridgehead atoms. The van der Waals surface area contributed by atoms with Gasteiger partial charge in [-0.3, -0.25) is 0 Å². The van der Waals surface area contributed by atoms with Gasteiger partial charge in [0.1, 0.15) is 0 Å². The zero-order valence-electron chi connectivity index (χ0n) is 10.3. The summed E-state index contributed by atoms with van der Waals surface area (Å²) in [5, 5.41) is 3.22. The number of rotatable bonds is 2. The first-order valence-corrected chi connectivity index (χ1v) is 6.91. The number of nitrogens with zero attached hydrogens (tertiary/aromatic N) is 2. The van der Waals surface area contributed by atoms with Gasteiger partial charge in [0, 0.05) is 24.5 Å². The smallest absolute Gasteiger partial charge is 0.185 e. The lowest BCUT2D eigenvalue weighted by Crippen LogP contribution is -2.45. The van der Waals surface area contributed by atoms with Gasteiger partial charge in [-0.15, -0.1) is 11.3 Å². The Morgan fingerprint density at radius 2 is 2.25 bits per heavy atom. The molecule has 16 heavy (non-hydrogen) atoms. The van der Waals surface area contributed by atoms with Crippen LogP contribution in [0.5, 0.6) is 0 Å². The molecule has 4 heteroatoms. The van der Waals surface area contributed by atoms with E-state index in [9.17, 15) is 0 Å². The Bertz CT molecular complexity index is 350. The molecule has 0 spiro atoms. The second kappa shape index (κ2) is 4.72. The Morgan fingerprint density at radius 3 is 2.88 bits per heavy atom. The maximum absolute atomic E-state index is 5.61. The summed E-state index contributed by atoms with van der Waals surface area (Å²) in [7, 11) is 0.